The molecule has 0 saturated carbocycles. The summed E-state index contributed by atoms with van der Waals surface area (Å²) in [5.74, 6) is 6.11. The smallest absolute Gasteiger partial charge is 0.165 e. The molecule has 2 heterocycles. The Kier molecular flexibility index (Phi) is 5.56. The minimum absolute atomic E-state index is 0.334. The molecule has 9 nitrogen and oxygen atoms in total. The third-order valence-corrected chi connectivity index (χ3v) is 4.29. The van der Waals surface area contributed by atoms with Crippen molar-refractivity contribution >= 4 is 29.2 Å². The molecule has 0 bridgehead atoms. The molecular formula is C19H22N8O. The lowest BCUT2D eigenvalue weighted by molar-refractivity contribution is -0.103. The van der Waals surface area contributed by atoms with Gasteiger partial charge in [-0.15, -0.1) is 0 Å². The fourth-order valence-corrected chi connectivity index (χ4v) is 2.93. The lowest BCUT2D eigenvalue weighted by atomic mass is 10.0. The summed E-state index contributed by atoms with van der Waals surface area (Å²) >= 11 is 0. The highest BCUT2D eigenvalue weighted by Crippen LogP contribution is 2.24. The number of hydrogen-bond donors (Lipinski definition) is 5. The van der Waals surface area contributed by atoms with Gasteiger partial charge in [0, 0.05) is 24.4 Å². The largest absolute Gasteiger partial charge is 0.404 e. The molecule has 0 amide bonds. The maximum Gasteiger partial charge on any atom is 0.165 e. The fraction of sp³-hybridized carbons (Fsp3) is 0.105. The van der Waals surface area contributed by atoms with Gasteiger partial charge in [-0.3, -0.25) is 9.48 Å². The zero-order chi connectivity index (χ0) is 20.1. The van der Waals surface area contributed by atoms with E-state index < -0.39 is 0 Å². The molecular weight excluding hydrogens is 356 g/mol. The second-order valence-electron chi connectivity index (χ2n) is 6.28. The molecule has 3 rings (SSSR count). The molecule has 0 fully saturated rings. The monoisotopic (exact) mass is 378 g/mol. The standard InChI is InChI=1S/C19H22N8O/c20-7-16(11-28)14-3-1-2-12(4-14)9-27-10-13(8-24-27)5-15-6-17(21)25-19(26-23)18(15)22/h1-4,6-8,10-11H,5,9,20,22-23H2,(H3,21,25,26). The number of carbonyl (C=O) groups excluding carboxylic acids is 1. The van der Waals surface area contributed by atoms with Crippen LogP contribution in [-0.2, 0) is 17.8 Å². The van der Waals surface area contributed by atoms with E-state index in [0.717, 1.165) is 28.5 Å². The number of hydrazine groups is 1. The van der Waals surface area contributed by atoms with Gasteiger partial charge in [0.15, 0.2) is 12.1 Å². The van der Waals surface area contributed by atoms with E-state index in [1.165, 1.54) is 6.20 Å². The van der Waals surface area contributed by atoms with E-state index in [-0.39, 0.29) is 0 Å². The van der Waals surface area contributed by atoms with Gasteiger partial charge >= 0.3 is 0 Å². The molecule has 28 heavy (non-hydrogen) atoms. The van der Waals surface area contributed by atoms with Crippen LogP contribution in [-0.4, -0.2) is 21.1 Å². The van der Waals surface area contributed by atoms with E-state index in [9.17, 15) is 4.79 Å². The van der Waals surface area contributed by atoms with Crippen LogP contribution < -0.4 is 28.5 Å². The molecule has 2 aromatic heterocycles. The van der Waals surface area contributed by atoms with Crippen molar-refractivity contribution in [3.8, 4) is 0 Å². The number of allylic oxidation sites excluding steroid dienone is 1. The fourth-order valence-electron chi connectivity index (χ4n) is 2.93. The molecule has 9 heteroatoms. The number of carbonyl (C=O) groups is 1. The van der Waals surface area contributed by atoms with Crippen LogP contribution >= 0.6 is 0 Å². The van der Waals surface area contributed by atoms with Gasteiger partial charge in [0.2, 0.25) is 0 Å². The number of nitrogens with two attached hydrogens (primary N) is 4. The van der Waals surface area contributed by atoms with E-state index in [2.05, 4.69) is 15.5 Å². The predicted molar refractivity (Wildman–Crippen MR) is 110 cm³/mol. The van der Waals surface area contributed by atoms with Gasteiger partial charge in [-0.05, 0) is 34.4 Å². The highest BCUT2D eigenvalue weighted by molar-refractivity contribution is 6.06. The van der Waals surface area contributed by atoms with Crippen molar-refractivity contribution in [1.82, 2.24) is 14.8 Å². The summed E-state index contributed by atoms with van der Waals surface area (Å²) in [5.41, 5.74) is 24.3. The summed E-state index contributed by atoms with van der Waals surface area (Å²) in [7, 11) is 0. The van der Waals surface area contributed by atoms with E-state index in [1.54, 1.807) is 12.3 Å². The molecule has 144 valence electrons. The summed E-state index contributed by atoms with van der Waals surface area (Å²) in [6.07, 6.45) is 6.27. The number of anilines is 3. The summed E-state index contributed by atoms with van der Waals surface area (Å²) < 4.78 is 1.81. The van der Waals surface area contributed by atoms with Crippen molar-refractivity contribution in [2.24, 2.45) is 11.6 Å². The molecule has 0 spiro atoms. The third-order valence-electron chi connectivity index (χ3n) is 4.29. The minimum atomic E-state index is 0.334. The van der Waals surface area contributed by atoms with E-state index in [0.29, 0.717) is 35.9 Å². The molecule has 3 aromatic rings. The van der Waals surface area contributed by atoms with Crippen LogP contribution in [0.15, 0.2) is 48.9 Å². The maximum atomic E-state index is 11.1. The topological polar surface area (TPSA) is 164 Å². The molecule has 0 aliphatic rings. The second-order valence-corrected chi connectivity index (χ2v) is 6.28. The Bertz CT molecular complexity index is 1020. The zero-order valence-electron chi connectivity index (χ0n) is 15.2. The number of nitrogen functional groups attached to an aromatic ring is 3. The molecule has 0 saturated heterocycles. The van der Waals surface area contributed by atoms with Gasteiger partial charge in [-0.25, -0.2) is 10.8 Å². The number of hydrogen-bond acceptors (Lipinski definition) is 8. The Balaban J connectivity index is 1.78. The van der Waals surface area contributed by atoms with Crippen LogP contribution in [0.1, 0.15) is 22.3 Å². The Morgan fingerprint density at radius 1 is 1.21 bits per heavy atom. The van der Waals surface area contributed by atoms with E-state index in [4.69, 9.17) is 23.0 Å². The quantitative estimate of drug-likeness (QED) is 0.175. The first-order valence-electron chi connectivity index (χ1n) is 8.53. The summed E-state index contributed by atoms with van der Waals surface area (Å²) in [5, 5.41) is 4.40. The highest BCUT2D eigenvalue weighted by Gasteiger charge is 2.10. The summed E-state index contributed by atoms with van der Waals surface area (Å²) in [4.78, 5) is 15.1. The molecule has 0 aliphatic heterocycles. The first-order chi connectivity index (χ1) is 13.5. The first-order valence-corrected chi connectivity index (χ1v) is 8.53. The normalized spacial score (nSPS) is 11.4. The van der Waals surface area contributed by atoms with Crippen LogP contribution in [0.4, 0.5) is 17.3 Å². The summed E-state index contributed by atoms with van der Waals surface area (Å²) in [6.45, 7) is 0.550. The molecule has 9 N–H and O–H groups in total. The molecule has 0 atom stereocenters. The van der Waals surface area contributed by atoms with Crippen LogP contribution in [0.2, 0.25) is 0 Å². The van der Waals surface area contributed by atoms with Gasteiger partial charge in [0.25, 0.3) is 0 Å². The van der Waals surface area contributed by atoms with Crippen LogP contribution in [0.25, 0.3) is 5.57 Å². The Hall–Kier alpha value is -3.85. The number of pyridine rings is 1. The van der Waals surface area contributed by atoms with Gasteiger partial charge in [0.1, 0.15) is 5.82 Å². The van der Waals surface area contributed by atoms with Crippen LogP contribution in [0.5, 0.6) is 0 Å². The highest BCUT2D eigenvalue weighted by atomic mass is 16.1. The van der Waals surface area contributed by atoms with Gasteiger partial charge in [0.05, 0.1) is 18.4 Å². The van der Waals surface area contributed by atoms with Crippen LogP contribution in [0, 0.1) is 0 Å². The summed E-state index contributed by atoms with van der Waals surface area (Å²) in [6, 6.07) is 9.31. The van der Waals surface area contributed by atoms with E-state index >= 15 is 0 Å². The molecule has 1 aromatic carbocycles. The Labute approximate surface area is 162 Å². The third kappa shape index (κ3) is 4.10. The molecule has 0 aliphatic carbocycles. The SMILES string of the molecule is NC=C(C=O)c1cccc(Cn2cc(Cc3cc(N)nc(NN)c3N)cn2)c1. The lowest BCUT2D eigenvalue weighted by Crippen LogP contribution is -2.13. The Morgan fingerprint density at radius 2 is 2.04 bits per heavy atom. The zero-order valence-corrected chi connectivity index (χ0v) is 15.2. The molecule has 0 radical (unpaired) electrons. The number of aldehydes is 1. The van der Waals surface area contributed by atoms with Crippen molar-refractivity contribution in [3.63, 3.8) is 0 Å². The number of nitrogens with one attached hydrogen (secondary N) is 1. The van der Waals surface area contributed by atoms with Crippen molar-refractivity contribution in [1.29, 1.82) is 0 Å². The van der Waals surface area contributed by atoms with E-state index in [1.807, 2.05) is 35.1 Å². The maximum absolute atomic E-state index is 11.1. The number of aromatic nitrogens is 3. The lowest BCUT2D eigenvalue weighted by Gasteiger charge is -2.10. The van der Waals surface area contributed by atoms with Gasteiger partial charge in [-0.1, -0.05) is 18.2 Å². The van der Waals surface area contributed by atoms with Gasteiger partial charge in [-0.2, -0.15) is 5.10 Å². The predicted octanol–water partition coefficient (Wildman–Crippen LogP) is 0.866. The van der Waals surface area contributed by atoms with Crippen molar-refractivity contribution in [2.45, 2.75) is 13.0 Å². The Morgan fingerprint density at radius 3 is 2.75 bits per heavy atom. The van der Waals surface area contributed by atoms with Crippen molar-refractivity contribution in [3.05, 3.63) is 71.2 Å². The van der Waals surface area contributed by atoms with Crippen LogP contribution in [0.3, 0.4) is 0 Å². The van der Waals surface area contributed by atoms with Crippen molar-refractivity contribution in [2.75, 3.05) is 16.9 Å². The average Bonchev–Trinajstić information content (AvgIpc) is 3.12. The number of benzene rings is 1. The van der Waals surface area contributed by atoms with Gasteiger partial charge < -0.3 is 22.6 Å². The minimum Gasteiger partial charge on any atom is -0.404 e. The number of rotatable bonds is 7. The number of nitrogens with zero attached hydrogens (tertiary/aromatic N) is 3. The first kappa shape index (κ1) is 18.9. The van der Waals surface area contributed by atoms with Crippen molar-refractivity contribution < 1.29 is 4.79 Å². The molecule has 0 unspecified atom stereocenters. The average molecular weight is 378 g/mol. The second kappa shape index (κ2) is 8.23.